The predicted molar refractivity (Wildman–Crippen MR) is 33.4 cm³/mol. The summed E-state index contributed by atoms with van der Waals surface area (Å²) in [5.41, 5.74) is 11.7. The first-order valence-corrected chi connectivity index (χ1v) is 4.47. The van der Waals surface area contributed by atoms with Gasteiger partial charge >= 0.3 is 66.9 Å². The molecule has 0 bridgehead atoms. The van der Waals surface area contributed by atoms with Gasteiger partial charge in [0, 0.05) is 0 Å². The molecule has 0 heterocycles. The van der Waals surface area contributed by atoms with E-state index in [0.29, 0.717) is 0 Å². The van der Waals surface area contributed by atoms with Crippen LogP contribution >= 0.6 is 0 Å². The fourth-order valence-corrected chi connectivity index (χ4v) is 1.90. The molecule has 3 heteroatoms. The summed E-state index contributed by atoms with van der Waals surface area (Å²) >= 11 is 2.25. The second-order valence-corrected chi connectivity index (χ2v) is 4.84. The molecule has 0 aromatic rings. The Morgan fingerprint density at radius 2 is 2.11 bits per heavy atom. The Hall–Kier alpha value is 0.608. The molecule has 0 aromatic carbocycles. The Labute approximate surface area is 67.3 Å². The van der Waals surface area contributed by atoms with Gasteiger partial charge in [0.05, 0.1) is 0 Å². The van der Waals surface area contributed by atoms with E-state index in [4.69, 9.17) is 11.5 Å². The molecule has 57 valence electrons. The average Bonchev–Trinajstić information content (AvgIpc) is 1.77. The molecule has 0 aromatic heterocycles. The van der Waals surface area contributed by atoms with Crippen LogP contribution in [0, 0.1) is 0 Å². The molecule has 1 rings (SSSR count). The summed E-state index contributed by atoms with van der Waals surface area (Å²) in [6.07, 6.45) is 4.67. The van der Waals surface area contributed by atoms with Crippen LogP contribution in [-0.2, 0) is 19.8 Å². The summed E-state index contributed by atoms with van der Waals surface area (Å²) in [6, 6.07) is 0.216. The molecular weight excluding hydrogens is 295 g/mol. The van der Waals surface area contributed by atoms with Crippen LogP contribution in [0.15, 0.2) is 0 Å². The summed E-state index contributed by atoms with van der Waals surface area (Å²) < 4.78 is -0.113. The molecule has 0 saturated heterocycles. The van der Waals surface area contributed by atoms with Gasteiger partial charge in [-0.3, -0.25) is 0 Å². The summed E-state index contributed by atoms with van der Waals surface area (Å²) in [5.74, 6) is 0. The Kier molecular flexibility index (Phi) is 2.31. The zero-order valence-electron chi connectivity index (χ0n) is 5.38. The molecule has 0 amide bonds. The van der Waals surface area contributed by atoms with Crippen molar-refractivity contribution in [3.63, 3.8) is 0 Å². The fourth-order valence-electron chi connectivity index (χ4n) is 1.17. The van der Waals surface area contributed by atoms with Gasteiger partial charge in [0.2, 0.25) is 0 Å². The van der Waals surface area contributed by atoms with Crippen LogP contribution in [0.25, 0.3) is 0 Å². The molecule has 1 saturated carbocycles. The molecule has 2 atom stereocenters. The van der Waals surface area contributed by atoms with Crippen molar-refractivity contribution in [2.75, 3.05) is 0 Å². The van der Waals surface area contributed by atoms with E-state index in [1.807, 2.05) is 0 Å². The summed E-state index contributed by atoms with van der Waals surface area (Å²) in [7, 11) is 0. The normalized spacial score (nSPS) is 45.1. The third-order valence-electron chi connectivity index (χ3n) is 1.90. The quantitative estimate of drug-likeness (QED) is 0.666. The van der Waals surface area contributed by atoms with Gasteiger partial charge in [0.25, 0.3) is 0 Å². The Balaban J connectivity index is 2.49. The van der Waals surface area contributed by atoms with Crippen LogP contribution in [0.4, 0.5) is 0 Å². The maximum atomic E-state index is 5.88. The van der Waals surface area contributed by atoms with Crippen molar-refractivity contribution in [1.29, 1.82) is 0 Å². The standard InChI is InChI=1S/C6H13N2.Pt/c7-5-3-1-2-4-6(5)8;/h5H,1-4,7-8H2;. The Morgan fingerprint density at radius 3 is 2.44 bits per heavy atom. The minimum absolute atomic E-state index is 0.113. The SMILES string of the molecule is NC1CCCC[C]1(N)[Pt]. The van der Waals surface area contributed by atoms with E-state index in [0.717, 1.165) is 12.8 Å². The molecule has 2 unspecified atom stereocenters. The third kappa shape index (κ3) is 1.76. The molecule has 1 aliphatic rings. The molecule has 0 spiro atoms. The van der Waals surface area contributed by atoms with Crippen LogP contribution in [0.5, 0.6) is 0 Å². The van der Waals surface area contributed by atoms with Crippen molar-refractivity contribution in [1.82, 2.24) is 0 Å². The molecule has 1 aliphatic carbocycles. The van der Waals surface area contributed by atoms with Gasteiger partial charge < -0.3 is 0 Å². The zero-order valence-corrected chi connectivity index (χ0v) is 7.65. The molecule has 0 radical (unpaired) electrons. The van der Waals surface area contributed by atoms with E-state index >= 15 is 0 Å². The zero-order chi connectivity index (χ0) is 6.91. The first-order valence-electron chi connectivity index (χ1n) is 3.33. The second kappa shape index (κ2) is 2.69. The van der Waals surface area contributed by atoms with Crippen molar-refractivity contribution < 1.29 is 19.8 Å². The average molecular weight is 308 g/mol. The summed E-state index contributed by atoms with van der Waals surface area (Å²) in [5, 5.41) is 0. The van der Waals surface area contributed by atoms with Crippen LogP contribution in [0.1, 0.15) is 25.7 Å². The summed E-state index contributed by atoms with van der Waals surface area (Å²) in [4.78, 5) is 0. The van der Waals surface area contributed by atoms with Gasteiger partial charge in [-0.25, -0.2) is 0 Å². The topological polar surface area (TPSA) is 52.0 Å². The van der Waals surface area contributed by atoms with E-state index in [1.165, 1.54) is 12.8 Å². The van der Waals surface area contributed by atoms with Crippen molar-refractivity contribution in [3.8, 4) is 0 Å². The number of hydrogen-bond donors (Lipinski definition) is 2. The van der Waals surface area contributed by atoms with Gasteiger partial charge in [-0.15, -0.1) is 0 Å². The first-order chi connectivity index (χ1) is 4.13. The molecular formula is C6H13N2Pt. The van der Waals surface area contributed by atoms with E-state index in [9.17, 15) is 0 Å². The van der Waals surface area contributed by atoms with Crippen molar-refractivity contribution >= 4 is 0 Å². The van der Waals surface area contributed by atoms with Gasteiger partial charge in [-0.05, 0) is 0 Å². The van der Waals surface area contributed by atoms with Crippen LogP contribution in [0.2, 0.25) is 0 Å². The molecule has 9 heavy (non-hydrogen) atoms. The van der Waals surface area contributed by atoms with Crippen molar-refractivity contribution in [3.05, 3.63) is 0 Å². The second-order valence-electron chi connectivity index (χ2n) is 2.72. The maximum absolute atomic E-state index is 5.88. The first kappa shape index (κ1) is 7.71. The number of nitrogens with two attached hydrogens (primary N) is 2. The van der Waals surface area contributed by atoms with Gasteiger partial charge in [-0.1, -0.05) is 0 Å². The number of rotatable bonds is 0. The fraction of sp³-hybridized carbons (Fsp3) is 1.00. The monoisotopic (exact) mass is 308 g/mol. The Morgan fingerprint density at radius 1 is 1.44 bits per heavy atom. The molecule has 2 nitrogen and oxygen atoms in total. The third-order valence-corrected chi connectivity index (χ3v) is 3.31. The van der Waals surface area contributed by atoms with E-state index in [-0.39, 0.29) is 9.97 Å². The van der Waals surface area contributed by atoms with E-state index in [2.05, 4.69) is 19.8 Å². The molecule has 4 N–H and O–H groups in total. The Bertz CT molecular complexity index is 103. The summed E-state index contributed by atoms with van der Waals surface area (Å²) in [6.45, 7) is 0. The minimum atomic E-state index is -0.113. The van der Waals surface area contributed by atoms with Crippen LogP contribution in [0.3, 0.4) is 0 Å². The van der Waals surface area contributed by atoms with E-state index in [1.54, 1.807) is 0 Å². The predicted octanol–water partition coefficient (Wildman–Crippen LogP) is 0.0895. The van der Waals surface area contributed by atoms with Crippen LogP contribution in [-0.4, -0.2) is 9.97 Å². The van der Waals surface area contributed by atoms with Crippen LogP contribution < -0.4 is 11.5 Å². The van der Waals surface area contributed by atoms with Crippen molar-refractivity contribution in [2.45, 2.75) is 35.7 Å². The molecule has 1 fully saturated rings. The van der Waals surface area contributed by atoms with E-state index < -0.39 is 0 Å². The number of hydrogen-bond acceptors (Lipinski definition) is 2. The van der Waals surface area contributed by atoms with Gasteiger partial charge in [0.1, 0.15) is 0 Å². The van der Waals surface area contributed by atoms with Crippen molar-refractivity contribution in [2.24, 2.45) is 11.5 Å². The van der Waals surface area contributed by atoms with Gasteiger partial charge in [0.15, 0.2) is 0 Å². The molecule has 0 aliphatic heterocycles. The van der Waals surface area contributed by atoms with Gasteiger partial charge in [-0.2, -0.15) is 0 Å².